The van der Waals surface area contributed by atoms with Crippen LogP contribution < -0.4 is 9.64 Å². The van der Waals surface area contributed by atoms with Crippen molar-refractivity contribution in [2.45, 2.75) is 26.4 Å². The van der Waals surface area contributed by atoms with Crippen molar-refractivity contribution >= 4 is 17.6 Å². The summed E-state index contributed by atoms with van der Waals surface area (Å²) in [7, 11) is 1.89. The van der Waals surface area contributed by atoms with E-state index in [0.717, 1.165) is 22.6 Å². The van der Waals surface area contributed by atoms with Crippen LogP contribution in [0.15, 0.2) is 61.2 Å². The number of nitrogens with zero attached hydrogens (tertiary/aromatic N) is 3. The van der Waals surface area contributed by atoms with E-state index in [0.29, 0.717) is 13.2 Å². The normalized spacial score (nSPS) is 16.6. The topological polar surface area (TPSA) is 53.1 Å². The number of rotatable bonds is 8. The van der Waals surface area contributed by atoms with Crippen LogP contribution in [0.2, 0.25) is 0 Å². The molecule has 0 unspecified atom stereocenters. The third-order valence-electron chi connectivity index (χ3n) is 4.89. The first-order valence-corrected chi connectivity index (χ1v) is 9.63. The minimum atomic E-state index is -0.514. The predicted octanol–water partition coefficient (Wildman–Crippen LogP) is 3.81. The first kappa shape index (κ1) is 20.6. The molecule has 3 rings (SSSR count). The third-order valence-corrected chi connectivity index (χ3v) is 4.89. The van der Waals surface area contributed by atoms with Crippen LogP contribution in [-0.2, 0) is 11.3 Å². The quantitative estimate of drug-likeness (QED) is 0.506. The van der Waals surface area contributed by atoms with Crippen molar-refractivity contribution in [3.8, 4) is 5.75 Å². The lowest BCUT2D eigenvalue weighted by molar-refractivity contribution is -0.128. The van der Waals surface area contributed by atoms with Crippen LogP contribution in [0.4, 0.5) is 10.5 Å². The van der Waals surface area contributed by atoms with Gasteiger partial charge in [0.25, 0.3) is 5.91 Å². The summed E-state index contributed by atoms with van der Waals surface area (Å²) in [5.74, 6) is 0.597. The molecule has 1 fully saturated rings. The van der Waals surface area contributed by atoms with Crippen LogP contribution in [-0.4, -0.2) is 48.1 Å². The molecule has 0 aliphatic carbocycles. The molecule has 1 saturated heterocycles. The van der Waals surface area contributed by atoms with Crippen molar-refractivity contribution in [1.29, 1.82) is 0 Å². The Kier molecular flexibility index (Phi) is 6.34. The largest absolute Gasteiger partial charge is 0.490 e. The van der Waals surface area contributed by atoms with E-state index in [2.05, 4.69) is 6.58 Å². The number of anilines is 1. The molecular weight excluding hydrogens is 366 g/mol. The number of ether oxygens (including phenoxy) is 1. The Balaban J connectivity index is 1.64. The number of hydrogen-bond donors (Lipinski definition) is 0. The van der Waals surface area contributed by atoms with Crippen molar-refractivity contribution in [2.75, 3.05) is 25.2 Å². The molecule has 29 heavy (non-hydrogen) atoms. The molecule has 1 atom stereocenters. The van der Waals surface area contributed by atoms with Gasteiger partial charge in [-0.15, -0.1) is 0 Å². The third kappa shape index (κ3) is 4.66. The van der Waals surface area contributed by atoms with Gasteiger partial charge in [-0.25, -0.2) is 9.69 Å². The number of carbonyl (C=O) groups excluding carboxylic acids is 2. The minimum Gasteiger partial charge on any atom is -0.490 e. The maximum absolute atomic E-state index is 12.9. The summed E-state index contributed by atoms with van der Waals surface area (Å²) < 4.78 is 5.49. The zero-order valence-corrected chi connectivity index (χ0v) is 17.2. The molecule has 2 aromatic carbocycles. The number of imide groups is 1. The van der Waals surface area contributed by atoms with Gasteiger partial charge in [0, 0.05) is 12.2 Å². The second kappa shape index (κ2) is 8.92. The average Bonchev–Trinajstić information content (AvgIpc) is 2.91. The molecule has 152 valence electrons. The second-order valence-corrected chi connectivity index (χ2v) is 7.33. The Morgan fingerprint density at radius 3 is 2.38 bits per heavy atom. The van der Waals surface area contributed by atoms with Crippen molar-refractivity contribution in [3.63, 3.8) is 0 Å². The zero-order valence-electron chi connectivity index (χ0n) is 17.2. The Morgan fingerprint density at radius 1 is 1.10 bits per heavy atom. The maximum Gasteiger partial charge on any atom is 0.333 e. The molecule has 0 radical (unpaired) electrons. The fraction of sp³-hybridized carbons (Fsp3) is 0.304. The molecule has 0 N–H and O–H groups in total. The van der Waals surface area contributed by atoms with Gasteiger partial charge in [-0.05, 0) is 50.7 Å². The van der Waals surface area contributed by atoms with Crippen LogP contribution in [0, 0.1) is 6.92 Å². The molecule has 6 heteroatoms. The van der Waals surface area contributed by atoms with Gasteiger partial charge in [0.1, 0.15) is 18.4 Å². The summed E-state index contributed by atoms with van der Waals surface area (Å²) in [4.78, 5) is 30.4. The number of aryl methyl sites for hydroxylation is 1. The van der Waals surface area contributed by atoms with Crippen molar-refractivity contribution in [2.24, 2.45) is 0 Å². The molecule has 1 aliphatic heterocycles. The highest BCUT2D eigenvalue weighted by molar-refractivity contribution is 6.14. The van der Waals surface area contributed by atoms with E-state index >= 15 is 0 Å². The lowest BCUT2D eigenvalue weighted by Gasteiger charge is -2.23. The van der Waals surface area contributed by atoms with Gasteiger partial charge >= 0.3 is 6.03 Å². The van der Waals surface area contributed by atoms with Crippen LogP contribution in [0.5, 0.6) is 5.75 Å². The lowest BCUT2D eigenvalue weighted by Crippen LogP contribution is -2.40. The molecule has 3 amide bonds. The monoisotopic (exact) mass is 393 g/mol. The SMILES string of the molecule is C=CCOc1ccc(CN(C)CN2C(=O)[C@@H](C)N(c3ccc(C)cc3)C2=O)cc1. The van der Waals surface area contributed by atoms with Crippen LogP contribution in [0.3, 0.4) is 0 Å². The van der Waals surface area contributed by atoms with Crippen LogP contribution >= 0.6 is 0 Å². The number of hydrogen-bond acceptors (Lipinski definition) is 4. The highest BCUT2D eigenvalue weighted by Crippen LogP contribution is 2.26. The van der Waals surface area contributed by atoms with Crippen molar-refractivity contribution < 1.29 is 14.3 Å². The Morgan fingerprint density at radius 2 is 1.76 bits per heavy atom. The number of amides is 3. The number of urea groups is 1. The van der Waals surface area contributed by atoms with Crippen LogP contribution in [0.1, 0.15) is 18.1 Å². The van der Waals surface area contributed by atoms with Crippen LogP contribution in [0.25, 0.3) is 0 Å². The van der Waals surface area contributed by atoms with Crippen molar-refractivity contribution in [1.82, 2.24) is 9.80 Å². The van der Waals surface area contributed by atoms with Crippen molar-refractivity contribution in [3.05, 3.63) is 72.3 Å². The fourth-order valence-electron chi connectivity index (χ4n) is 3.34. The van der Waals surface area contributed by atoms with E-state index in [1.54, 1.807) is 17.9 Å². The second-order valence-electron chi connectivity index (χ2n) is 7.33. The Hall–Kier alpha value is -3.12. The molecule has 6 nitrogen and oxygen atoms in total. The van der Waals surface area contributed by atoms with Gasteiger partial charge in [0.15, 0.2) is 0 Å². The fourth-order valence-corrected chi connectivity index (χ4v) is 3.34. The molecule has 0 saturated carbocycles. The smallest absolute Gasteiger partial charge is 0.333 e. The van der Waals surface area contributed by atoms with E-state index in [4.69, 9.17) is 4.74 Å². The van der Waals surface area contributed by atoms with Gasteiger partial charge in [0.2, 0.25) is 0 Å². The highest BCUT2D eigenvalue weighted by atomic mass is 16.5. The highest BCUT2D eigenvalue weighted by Gasteiger charge is 2.43. The Bertz CT molecular complexity index is 877. The van der Waals surface area contributed by atoms with Gasteiger partial charge in [-0.2, -0.15) is 0 Å². The van der Waals surface area contributed by atoms with E-state index in [1.807, 2.05) is 67.4 Å². The number of carbonyl (C=O) groups is 2. The van der Waals surface area contributed by atoms with E-state index < -0.39 is 6.04 Å². The summed E-state index contributed by atoms with van der Waals surface area (Å²) in [5.41, 5.74) is 2.92. The first-order chi connectivity index (χ1) is 13.9. The number of benzene rings is 2. The van der Waals surface area contributed by atoms with E-state index in [1.165, 1.54) is 4.90 Å². The summed E-state index contributed by atoms with van der Waals surface area (Å²) >= 11 is 0. The molecular formula is C23H27N3O3. The molecule has 0 aromatic heterocycles. The van der Waals surface area contributed by atoms with Gasteiger partial charge in [0.05, 0.1) is 6.67 Å². The Labute approximate surface area is 172 Å². The standard InChI is InChI=1S/C23H27N3O3/c1-5-14-29-21-12-8-19(9-13-21)15-24(4)16-25-22(27)18(3)26(23(25)28)20-10-6-17(2)7-11-20/h5-13,18H,1,14-16H2,2-4H3/t18-/m1/s1. The summed E-state index contributed by atoms with van der Waals surface area (Å²) in [6.07, 6.45) is 1.70. The van der Waals surface area contributed by atoms with Gasteiger partial charge < -0.3 is 4.74 Å². The molecule has 2 aromatic rings. The minimum absolute atomic E-state index is 0.185. The first-order valence-electron chi connectivity index (χ1n) is 9.63. The predicted molar refractivity (Wildman–Crippen MR) is 114 cm³/mol. The molecule has 0 bridgehead atoms. The summed E-state index contributed by atoms with van der Waals surface area (Å²) in [6.45, 7) is 8.70. The van der Waals surface area contributed by atoms with Gasteiger partial charge in [-0.3, -0.25) is 14.6 Å². The summed E-state index contributed by atoms with van der Waals surface area (Å²) in [6, 6.07) is 14.6. The average molecular weight is 393 g/mol. The molecule has 0 spiro atoms. The zero-order chi connectivity index (χ0) is 21.0. The van der Waals surface area contributed by atoms with E-state index in [-0.39, 0.29) is 18.6 Å². The summed E-state index contributed by atoms with van der Waals surface area (Å²) in [5, 5.41) is 0. The molecule has 1 heterocycles. The lowest BCUT2D eigenvalue weighted by atomic mass is 10.2. The van der Waals surface area contributed by atoms with E-state index in [9.17, 15) is 9.59 Å². The molecule has 1 aliphatic rings. The van der Waals surface area contributed by atoms with Gasteiger partial charge in [-0.1, -0.05) is 42.5 Å². The maximum atomic E-state index is 12.9.